The van der Waals surface area contributed by atoms with Crippen LogP contribution in [-0.4, -0.2) is 34.7 Å². The van der Waals surface area contributed by atoms with Gasteiger partial charge in [-0.25, -0.2) is 4.79 Å². The normalized spacial score (nSPS) is 11.1. The number of nitrogens with one attached hydrogen (secondary N) is 1. The Bertz CT molecular complexity index is 1480. The van der Waals surface area contributed by atoms with Crippen LogP contribution < -0.4 is 5.69 Å². The van der Waals surface area contributed by atoms with Gasteiger partial charge in [-0.3, -0.25) is 14.1 Å². The number of H-pyrrole nitrogens is 1. The summed E-state index contributed by atoms with van der Waals surface area (Å²) in [6.45, 7) is 4.71. The number of tetrazole rings is 1. The van der Waals surface area contributed by atoms with E-state index in [0.717, 1.165) is 58.6 Å². The lowest BCUT2D eigenvalue weighted by molar-refractivity contribution is 0.674. The number of benzene rings is 2. The minimum Gasteiger partial charge on any atom is -0.292 e. The molecule has 3 heterocycles. The predicted molar refractivity (Wildman–Crippen MR) is 135 cm³/mol. The summed E-state index contributed by atoms with van der Waals surface area (Å²) >= 11 is 0. The number of pyridine rings is 1. The molecule has 0 radical (unpaired) electrons. The monoisotopic (exact) mass is 465 g/mol. The van der Waals surface area contributed by atoms with Crippen molar-refractivity contribution in [1.29, 1.82) is 0 Å². The lowest BCUT2D eigenvalue weighted by atomic mass is 10.0. The molecule has 176 valence electrons. The van der Waals surface area contributed by atoms with Gasteiger partial charge in [0.1, 0.15) is 0 Å². The third-order valence-electron chi connectivity index (χ3n) is 6.19. The van der Waals surface area contributed by atoms with Crippen molar-refractivity contribution in [3.63, 3.8) is 0 Å². The summed E-state index contributed by atoms with van der Waals surface area (Å²) in [5.74, 6) is 0.502. The summed E-state index contributed by atoms with van der Waals surface area (Å²) in [4.78, 5) is 18.0. The highest BCUT2D eigenvalue weighted by atomic mass is 16.1. The minimum absolute atomic E-state index is 0.0152. The van der Waals surface area contributed by atoms with E-state index in [1.54, 1.807) is 10.8 Å². The number of aromatic amines is 1. The zero-order valence-corrected chi connectivity index (χ0v) is 19.8. The molecule has 0 aliphatic carbocycles. The summed E-state index contributed by atoms with van der Waals surface area (Å²) in [6.07, 6.45) is 6.73. The van der Waals surface area contributed by atoms with Gasteiger partial charge in [-0.2, -0.15) is 5.21 Å². The number of para-hydroxylation sites is 1. The summed E-state index contributed by atoms with van der Waals surface area (Å²) < 4.78 is 3.67. The second kappa shape index (κ2) is 9.89. The van der Waals surface area contributed by atoms with Crippen LogP contribution in [0.4, 0.5) is 0 Å². The van der Waals surface area contributed by atoms with Crippen molar-refractivity contribution in [3.8, 4) is 28.3 Å². The largest absolute Gasteiger partial charge is 0.333 e. The Morgan fingerprint density at radius 1 is 1.00 bits per heavy atom. The van der Waals surface area contributed by atoms with Gasteiger partial charge in [-0.15, -0.1) is 10.2 Å². The smallest absolute Gasteiger partial charge is 0.292 e. The fraction of sp³-hybridized carbons (Fsp3) is 0.222. The molecule has 0 aliphatic rings. The zero-order valence-electron chi connectivity index (χ0n) is 19.8. The van der Waals surface area contributed by atoms with E-state index in [4.69, 9.17) is 0 Å². The highest BCUT2D eigenvalue weighted by Gasteiger charge is 2.15. The molecular weight excluding hydrogens is 438 g/mol. The van der Waals surface area contributed by atoms with Gasteiger partial charge in [-0.1, -0.05) is 55.8 Å². The number of nitrogens with zero attached hydrogens (tertiary/aromatic N) is 6. The van der Waals surface area contributed by atoms with Crippen molar-refractivity contribution in [2.45, 2.75) is 39.7 Å². The van der Waals surface area contributed by atoms with Crippen LogP contribution in [0.25, 0.3) is 28.3 Å². The number of rotatable bonds is 8. The number of aromatic nitrogens is 7. The van der Waals surface area contributed by atoms with Crippen LogP contribution in [0, 0.1) is 6.92 Å². The maximum Gasteiger partial charge on any atom is 0.333 e. The van der Waals surface area contributed by atoms with Gasteiger partial charge >= 0.3 is 5.69 Å². The number of hydrogen-bond donors (Lipinski definition) is 1. The van der Waals surface area contributed by atoms with Crippen LogP contribution in [0.15, 0.2) is 77.9 Å². The molecule has 0 saturated carbocycles. The first kappa shape index (κ1) is 22.5. The fourth-order valence-electron chi connectivity index (χ4n) is 4.30. The molecule has 0 amide bonds. The molecule has 35 heavy (non-hydrogen) atoms. The summed E-state index contributed by atoms with van der Waals surface area (Å²) in [5, 5.41) is 14.3. The Balaban J connectivity index is 1.47. The lowest BCUT2D eigenvalue weighted by Crippen LogP contribution is -2.25. The summed E-state index contributed by atoms with van der Waals surface area (Å²) in [6, 6.07) is 19.9. The second-order valence-corrected chi connectivity index (χ2v) is 8.58. The average molecular weight is 466 g/mol. The Hall–Kier alpha value is -4.33. The maximum absolute atomic E-state index is 13.5. The van der Waals surface area contributed by atoms with Crippen molar-refractivity contribution in [3.05, 3.63) is 100 Å². The molecule has 8 nitrogen and oxygen atoms in total. The maximum atomic E-state index is 13.5. The highest BCUT2D eigenvalue weighted by Crippen LogP contribution is 2.27. The Kier molecular flexibility index (Phi) is 6.34. The Morgan fingerprint density at radius 3 is 2.57 bits per heavy atom. The van der Waals surface area contributed by atoms with Crippen molar-refractivity contribution in [2.75, 3.05) is 0 Å². The van der Waals surface area contributed by atoms with Gasteiger partial charge in [0.05, 0.1) is 17.9 Å². The van der Waals surface area contributed by atoms with Crippen LogP contribution in [-0.2, 0) is 13.0 Å². The molecule has 5 rings (SSSR count). The molecule has 0 aliphatic heterocycles. The van der Waals surface area contributed by atoms with E-state index in [0.29, 0.717) is 12.4 Å². The Morgan fingerprint density at radius 2 is 1.83 bits per heavy atom. The van der Waals surface area contributed by atoms with Crippen molar-refractivity contribution >= 4 is 0 Å². The zero-order chi connectivity index (χ0) is 24.2. The molecule has 0 unspecified atom stereocenters. The third kappa shape index (κ3) is 4.55. The molecule has 0 atom stereocenters. The van der Waals surface area contributed by atoms with Gasteiger partial charge < -0.3 is 0 Å². The molecule has 0 fully saturated rings. The predicted octanol–water partition coefficient (Wildman–Crippen LogP) is 4.58. The second-order valence-electron chi connectivity index (χ2n) is 8.58. The molecule has 2 aromatic carbocycles. The van der Waals surface area contributed by atoms with Crippen LogP contribution in [0.2, 0.25) is 0 Å². The van der Waals surface area contributed by atoms with E-state index in [9.17, 15) is 4.79 Å². The molecule has 0 spiro atoms. The molecule has 8 heteroatoms. The number of aryl methyl sites for hydroxylation is 2. The van der Waals surface area contributed by atoms with Crippen molar-refractivity contribution < 1.29 is 0 Å². The van der Waals surface area contributed by atoms with E-state index >= 15 is 0 Å². The fourth-order valence-corrected chi connectivity index (χ4v) is 4.30. The summed E-state index contributed by atoms with van der Waals surface area (Å²) in [5.41, 5.74) is 6.62. The molecule has 3 aromatic heterocycles. The van der Waals surface area contributed by atoms with E-state index in [2.05, 4.69) is 32.5 Å². The first-order valence-corrected chi connectivity index (χ1v) is 11.8. The summed E-state index contributed by atoms with van der Waals surface area (Å²) in [7, 11) is 0. The quantitative estimate of drug-likeness (QED) is 0.362. The molecule has 0 saturated heterocycles. The Labute approximate surface area is 203 Å². The van der Waals surface area contributed by atoms with Crippen LogP contribution in [0.1, 0.15) is 36.6 Å². The van der Waals surface area contributed by atoms with Gasteiger partial charge in [0.25, 0.3) is 0 Å². The number of unbranched alkanes of at least 4 members (excludes halogenated alkanes) is 1. The molecular formula is C27H27N7O. The highest BCUT2D eigenvalue weighted by molar-refractivity contribution is 5.76. The van der Waals surface area contributed by atoms with Gasteiger partial charge in [-0.05, 0) is 54.3 Å². The van der Waals surface area contributed by atoms with Gasteiger partial charge in [0.15, 0.2) is 0 Å². The molecule has 1 N–H and O–H groups in total. The SMILES string of the molecule is CCCCc1cn(-c2ccccc2C)c(=O)n1Cc1ccc(-c2ncccc2-c2nn[nH]n2)cc1. The van der Waals surface area contributed by atoms with E-state index < -0.39 is 0 Å². The topological polar surface area (TPSA) is 94.3 Å². The number of imidazole rings is 1. The third-order valence-corrected chi connectivity index (χ3v) is 6.19. The number of hydrogen-bond acceptors (Lipinski definition) is 5. The molecule has 0 bridgehead atoms. The minimum atomic E-state index is -0.0152. The van der Waals surface area contributed by atoms with Crippen LogP contribution in [0.3, 0.4) is 0 Å². The van der Waals surface area contributed by atoms with Crippen molar-refractivity contribution in [2.24, 2.45) is 0 Å². The standard InChI is InChI=1S/C27H27N7O/c1-3-4-9-22-18-34(24-11-6-5-8-19(24)2)27(35)33(22)17-20-12-14-21(15-13-20)25-23(10-7-16-28-25)26-29-31-32-30-26/h5-8,10-16,18H,3-4,9,17H2,1-2H3,(H,29,30,31,32). The average Bonchev–Trinajstić information content (AvgIpc) is 3.53. The van der Waals surface area contributed by atoms with Crippen LogP contribution >= 0.6 is 0 Å². The first-order valence-electron chi connectivity index (χ1n) is 11.8. The van der Waals surface area contributed by atoms with Gasteiger partial charge in [0, 0.05) is 29.2 Å². The van der Waals surface area contributed by atoms with Crippen molar-refractivity contribution in [1.82, 2.24) is 34.7 Å². The van der Waals surface area contributed by atoms with E-state index in [1.165, 1.54) is 0 Å². The van der Waals surface area contributed by atoms with E-state index in [1.807, 2.05) is 78.4 Å². The lowest BCUT2D eigenvalue weighted by Gasteiger charge is -2.09. The molecule has 5 aromatic rings. The van der Waals surface area contributed by atoms with E-state index in [-0.39, 0.29) is 5.69 Å². The van der Waals surface area contributed by atoms with Crippen LogP contribution in [0.5, 0.6) is 0 Å². The van der Waals surface area contributed by atoms with Gasteiger partial charge in [0.2, 0.25) is 5.82 Å². The first-order chi connectivity index (χ1) is 17.2.